The molecule has 0 fully saturated rings. The summed E-state index contributed by atoms with van der Waals surface area (Å²) in [6.07, 6.45) is 8.18. The molecule has 0 aromatic rings. The molecule has 0 rings (SSSR count). The second kappa shape index (κ2) is 5.59. The lowest BCUT2D eigenvalue weighted by molar-refractivity contribution is 1.36. The van der Waals surface area contributed by atoms with Gasteiger partial charge in [-0.1, -0.05) is 36.5 Å². The SMILES string of the molecule is C=CC(=C\C)/C(C)=C/C=C(C)C. The van der Waals surface area contributed by atoms with Gasteiger partial charge in [0.05, 0.1) is 0 Å². The molecule has 0 saturated heterocycles. The average Bonchev–Trinajstić information content (AvgIpc) is 2.03. The highest BCUT2D eigenvalue weighted by Gasteiger charge is 1.90. The van der Waals surface area contributed by atoms with Crippen LogP contribution >= 0.6 is 0 Å². The summed E-state index contributed by atoms with van der Waals surface area (Å²) in [6, 6.07) is 0. The molecule has 0 unspecified atom stereocenters. The zero-order valence-corrected chi connectivity index (χ0v) is 8.52. The highest BCUT2D eigenvalue weighted by atomic mass is 14.0. The Morgan fingerprint density at radius 2 is 1.67 bits per heavy atom. The van der Waals surface area contributed by atoms with Gasteiger partial charge in [0.15, 0.2) is 0 Å². The molecule has 0 aromatic heterocycles. The highest BCUT2D eigenvalue weighted by molar-refractivity contribution is 5.39. The number of rotatable bonds is 3. The number of hydrogen-bond acceptors (Lipinski definition) is 0. The van der Waals surface area contributed by atoms with E-state index in [2.05, 4.69) is 45.6 Å². The van der Waals surface area contributed by atoms with Crippen molar-refractivity contribution in [3.05, 3.63) is 47.6 Å². The molecule has 0 heteroatoms. The van der Waals surface area contributed by atoms with Gasteiger partial charge in [0.25, 0.3) is 0 Å². The smallest absolute Gasteiger partial charge is 0.0276 e. The number of allylic oxidation sites excluding steroid dienone is 7. The Hall–Kier alpha value is -1.04. The molecule has 0 aromatic carbocycles. The summed E-state index contributed by atoms with van der Waals surface area (Å²) >= 11 is 0. The van der Waals surface area contributed by atoms with Crippen LogP contribution in [0, 0.1) is 0 Å². The maximum Gasteiger partial charge on any atom is -0.0276 e. The molecule has 0 saturated carbocycles. The van der Waals surface area contributed by atoms with E-state index in [1.807, 2.05) is 13.0 Å². The van der Waals surface area contributed by atoms with Crippen molar-refractivity contribution in [3.63, 3.8) is 0 Å². The normalized spacial score (nSPS) is 12.7. The van der Waals surface area contributed by atoms with E-state index in [4.69, 9.17) is 0 Å². The Labute approximate surface area is 76.0 Å². The second-order valence-corrected chi connectivity index (χ2v) is 3.04. The van der Waals surface area contributed by atoms with Crippen molar-refractivity contribution in [2.24, 2.45) is 0 Å². The van der Waals surface area contributed by atoms with Gasteiger partial charge >= 0.3 is 0 Å². The minimum absolute atomic E-state index is 1.20. The summed E-state index contributed by atoms with van der Waals surface area (Å²) in [4.78, 5) is 0. The molecule has 12 heavy (non-hydrogen) atoms. The highest BCUT2D eigenvalue weighted by Crippen LogP contribution is 2.10. The Morgan fingerprint density at radius 1 is 1.08 bits per heavy atom. The quantitative estimate of drug-likeness (QED) is 0.549. The van der Waals surface area contributed by atoms with Gasteiger partial charge in [-0.25, -0.2) is 0 Å². The third-order valence-corrected chi connectivity index (χ3v) is 1.65. The third kappa shape index (κ3) is 3.97. The van der Waals surface area contributed by atoms with E-state index >= 15 is 0 Å². The molecule has 0 amide bonds. The molecule has 0 aliphatic carbocycles. The summed E-state index contributed by atoms with van der Waals surface area (Å²) in [5.41, 5.74) is 3.77. The van der Waals surface area contributed by atoms with Crippen molar-refractivity contribution in [3.8, 4) is 0 Å². The lowest BCUT2D eigenvalue weighted by Gasteiger charge is -1.98. The summed E-state index contributed by atoms with van der Waals surface area (Å²) < 4.78 is 0. The summed E-state index contributed by atoms with van der Waals surface area (Å²) in [6.45, 7) is 12.0. The van der Waals surface area contributed by atoms with Crippen molar-refractivity contribution < 1.29 is 0 Å². The molecular weight excluding hydrogens is 144 g/mol. The third-order valence-electron chi connectivity index (χ3n) is 1.65. The first kappa shape index (κ1) is 11.0. The maximum atomic E-state index is 3.75. The van der Waals surface area contributed by atoms with Crippen LogP contribution < -0.4 is 0 Å². The largest absolute Gasteiger partial charge is 0.0985 e. The van der Waals surface area contributed by atoms with Crippen LogP contribution in [0.1, 0.15) is 27.7 Å². The molecule has 66 valence electrons. The van der Waals surface area contributed by atoms with Gasteiger partial charge in [-0.2, -0.15) is 0 Å². The fraction of sp³-hybridized carbons (Fsp3) is 0.333. The van der Waals surface area contributed by atoms with Gasteiger partial charge in [0.2, 0.25) is 0 Å². The predicted molar refractivity (Wildman–Crippen MR) is 57.1 cm³/mol. The van der Waals surface area contributed by atoms with Gasteiger partial charge in [-0.15, -0.1) is 0 Å². The second-order valence-electron chi connectivity index (χ2n) is 3.04. The van der Waals surface area contributed by atoms with E-state index in [-0.39, 0.29) is 0 Å². The Balaban J connectivity index is 4.58. The van der Waals surface area contributed by atoms with Gasteiger partial charge in [-0.3, -0.25) is 0 Å². The van der Waals surface area contributed by atoms with Crippen molar-refractivity contribution in [1.29, 1.82) is 0 Å². The van der Waals surface area contributed by atoms with E-state index < -0.39 is 0 Å². The van der Waals surface area contributed by atoms with E-state index in [1.54, 1.807) is 0 Å². The van der Waals surface area contributed by atoms with Crippen LogP contribution in [-0.4, -0.2) is 0 Å². The minimum atomic E-state index is 1.20. The van der Waals surface area contributed by atoms with Gasteiger partial charge in [-0.05, 0) is 38.8 Å². The van der Waals surface area contributed by atoms with Crippen molar-refractivity contribution in [2.75, 3.05) is 0 Å². The van der Waals surface area contributed by atoms with Crippen molar-refractivity contribution in [1.82, 2.24) is 0 Å². The van der Waals surface area contributed by atoms with E-state index in [9.17, 15) is 0 Å². The van der Waals surface area contributed by atoms with Crippen LogP contribution in [0.25, 0.3) is 0 Å². The Bertz CT molecular complexity index is 233. The topological polar surface area (TPSA) is 0 Å². The first-order chi connectivity index (χ1) is 5.61. The molecule has 0 atom stereocenters. The van der Waals surface area contributed by atoms with Crippen LogP contribution in [-0.2, 0) is 0 Å². The monoisotopic (exact) mass is 162 g/mol. The van der Waals surface area contributed by atoms with Crippen molar-refractivity contribution in [2.45, 2.75) is 27.7 Å². The average molecular weight is 162 g/mol. The summed E-state index contributed by atoms with van der Waals surface area (Å²) in [5, 5.41) is 0. The van der Waals surface area contributed by atoms with E-state index in [1.165, 1.54) is 16.7 Å². The first-order valence-electron chi connectivity index (χ1n) is 4.22. The lowest BCUT2D eigenvalue weighted by atomic mass is 10.1. The predicted octanol–water partition coefficient (Wildman–Crippen LogP) is 4.03. The minimum Gasteiger partial charge on any atom is -0.0985 e. The molecular formula is C12H18. The summed E-state index contributed by atoms with van der Waals surface area (Å²) in [7, 11) is 0. The van der Waals surface area contributed by atoms with Gasteiger partial charge in [0.1, 0.15) is 0 Å². The van der Waals surface area contributed by atoms with E-state index in [0.29, 0.717) is 0 Å². The lowest BCUT2D eigenvalue weighted by Crippen LogP contribution is -1.78. The molecule has 0 spiro atoms. The van der Waals surface area contributed by atoms with Crippen LogP contribution in [0.15, 0.2) is 47.6 Å². The molecule has 0 aliphatic rings. The first-order valence-corrected chi connectivity index (χ1v) is 4.22. The Morgan fingerprint density at radius 3 is 2.00 bits per heavy atom. The molecule has 0 aliphatic heterocycles. The molecule has 0 nitrogen and oxygen atoms in total. The maximum absolute atomic E-state index is 3.75. The van der Waals surface area contributed by atoms with Crippen LogP contribution in [0.5, 0.6) is 0 Å². The van der Waals surface area contributed by atoms with Gasteiger partial charge < -0.3 is 0 Å². The number of hydrogen-bond donors (Lipinski definition) is 0. The molecule has 0 radical (unpaired) electrons. The van der Waals surface area contributed by atoms with Crippen molar-refractivity contribution >= 4 is 0 Å². The van der Waals surface area contributed by atoms with Gasteiger partial charge in [0, 0.05) is 0 Å². The fourth-order valence-corrected chi connectivity index (χ4v) is 0.894. The molecule has 0 heterocycles. The zero-order chi connectivity index (χ0) is 9.56. The standard InChI is InChI=1S/C12H18/c1-6-12(7-2)11(5)9-8-10(3)4/h6-9H,1H2,2-5H3/b11-9+,12-7+. The Kier molecular flexibility index (Phi) is 5.11. The van der Waals surface area contributed by atoms with Crippen LogP contribution in [0.3, 0.4) is 0 Å². The summed E-state index contributed by atoms with van der Waals surface area (Å²) in [5.74, 6) is 0. The fourth-order valence-electron chi connectivity index (χ4n) is 0.894. The molecule has 0 bridgehead atoms. The zero-order valence-electron chi connectivity index (χ0n) is 8.52. The molecule has 0 N–H and O–H groups in total. The van der Waals surface area contributed by atoms with E-state index in [0.717, 1.165) is 0 Å². The van der Waals surface area contributed by atoms with Crippen LogP contribution in [0.2, 0.25) is 0 Å². The van der Waals surface area contributed by atoms with Crippen LogP contribution in [0.4, 0.5) is 0 Å².